The van der Waals surface area contributed by atoms with E-state index in [1.54, 1.807) is 0 Å². The van der Waals surface area contributed by atoms with Gasteiger partial charge in [-0.05, 0) is 45.0 Å². The summed E-state index contributed by atoms with van der Waals surface area (Å²) >= 11 is 0. The Bertz CT molecular complexity index is 1050. The number of nitrogens with one attached hydrogen (secondary N) is 2. The van der Waals surface area contributed by atoms with E-state index >= 15 is 0 Å². The summed E-state index contributed by atoms with van der Waals surface area (Å²) in [5.41, 5.74) is 3.13. The second-order valence-corrected chi connectivity index (χ2v) is 8.48. The number of aromatic amines is 1. The molecule has 31 heavy (non-hydrogen) atoms. The summed E-state index contributed by atoms with van der Waals surface area (Å²) < 4.78 is 6.08. The van der Waals surface area contributed by atoms with Crippen molar-refractivity contribution in [2.24, 2.45) is 0 Å². The molecule has 0 saturated carbocycles. The van der Waals surface area contributed by atoms with Gasteiger partial charge in [0.25, 0.3) is 0 Å². The highest BCUT2D eigenvalue weighted by molar-refractivity contribution is 5.71. The summed E-state index contributed by atoms with van der Waals surface area (Å²) in [6.07, 6.45) is 1.02. The largest absolute Gasteiger partial charge is 0.492 e. The monoisotopic (exact) mass is 421 g/mol. The Hall–Kier alpha value is -3.13. The molecule has 2 aromatic heterocycles. The van der Waals surface area contributed by atoms with Crippen LogP contribution >= 0.6 is 0 Å². The van der Waals surface area contributed by atoms with E-state index < -0.39 is 0 Å². The van der Waals surface area contributed by atoms with Gasteiger partial charge in [0.1, 0.15) is 17.4 Å². The van der Waals surface area contributed by atoms with Crippen molar-refractivity contribution in [3.05, 3.63) is 41.6 Å². The van der Waals surface area contributed by atoms with Crippen molar-refractivity contribution < 1.29 is 4.74 Å². The van der Waals surface area contributed by atoms with E-state index in [0.29, 0.717) is 24.2 Å². The number of hydrogen-bond donors (Lipinski definition) is 2. The summed E-state index contributed by atoms with van der Waals surface area (Å²) in [4.78, 5) is 14.0. The van der Waals surface area contributed by atoms with Crippen molar-refractivity contribution in [3.63, 3.8) is 0 Å². The lowest BCUT2D eigenvalue weighted by atomic mass is 9.93. The first-order chi connectivity index (χ1) is 14.9. The fourth-order valence-electron chi connectivity index (χ4n) is 3.67. The average molecular weight is 422 g/mol. The Kier molecular flexibility index (Phi) is 6.08. The molecule has 0 radical (unpaired) electrons. The second-order valence-electron chi connectivity index (χ2n) is 8.48. The number of para-hydroxylation sites is 1. The first kappa shape index (κ1) is 21.1. The molecule has 1 unspecified atom stereocenters. The number of ether oxygens (including phenoxy) is 1. The van der Waals surface area contributed by atoms with Gasteiger partial charge in [0.15, 0.2) is 11.6 Å². The molecule has 1 aliphatic rings. The van der Waals surface area contributed by atoms with E-state index in [1.807, 2.05) is 25.1 Å². The number of aromatic nitrogens is 4. The zero-order valence-corrected chi connectivity index (χ0v) is 18.9. The molecule has 0 fully saturated rings. The summed E-state index contributed by atoms with van der Waals surface area (Å²) in [6.45, 7) is 6.71. The molecule has 3 aromatic rings. The minimum absolute atomic E-state index is 0.458. The van der Waals surface area contributed by atoms with Crippen LogP contribution in [-0.4, -0.2) is 65.9 Å². The van der Waals surface area contributed by atoms with Gasteiger partial charge >= 0.3 is 0 Å². The molecule has 3 heterocycles. The van der Waals surface area contributed by atoms with Gasteiger partial charge in [0.05, 0.1) is 12.2 Å². The SMILES string of the molecule is Cc1cc(Nc2cc(N(C)CCN(C)C)nc(-c3cccc4c3OCCC4C)n2)n[nH]1. The van der Waals surface area contributed by atoms with Crippen LogP contribution in [0, 0.1) is 6.92 Å². The Morgan fingerprint density at radius 1 is 1.13 bits per heavy atom. The molecule has 8 heteroatoms. The number of anilines is 3. The maximum Gasteiger partial charge on any atom is 0.167 e. The van der Waals surface area contributed by atoms with Crippen molar-refractivity contribution in [1.82, 2.24) is 25.1 Å². The predicted molar refractivity (Wildman–Crippen MR) is 124 cm³/mol. The highest BCUT2D eigenvalue weighted by Gasteiger charge is 2.23. The second kappa shape index (κ2) is 8.93. The fourth-order valence-corrected chi connectivity index (χ4v) is 3.67. The summed E-state index contributed by atoms with van der Waals surface area (Å²) in [7, 11) is 6.19. The number of benzene rings is 1. The van der Waals surface area contributed by atoms with Crippen molar-refractivity contribution >= 4 is 17.5 Å². The third kappa shape index (κ3) is 4.80. The number of nitrogens with zero attached hydrogens (tertiary/aromatic N) is 5. The first-order valence-electron chi connectivity index (χ1n) is 10.7. The normalized spacial score (nSPS) is 15.5. The molecule has 0 amide bonds. The lowest BCUT2D eigenvalue weighted by Gasteiger charge is -2.25. The van der Waals surface area contributed by atoms with Crippen LogP contribution in [-0.2, 0) is 0 Å². The van der Waals surface area contributed by atoms with Crippen LogP contribution in [0.15, 0.2) is 30.3 Å². The van der Waals surface area contributed by atoms with Crippen LogP contribution in [0.25, 0.3) is 11.4 Å². The van der Waals surface area contributed by atoms with Gasteiger partial charge in [-0.1, -0.05) is 19.1 Å². The van der Waals surface area contributed by atoms with Crippen LogP contribution < -0.4 is 15.0 Å². The average Bonchev–Trinajstić information content (AvgIpc) is 3.16. The quantitative estimate of drug-likeness (QED) is 0.600. The van der Waals surface area contributed by atoms with Gasteiger partial charge in [0.2, 0.25) is 0 Å². The number of H-pyrrole nitrogens is 1. The Balaban J connectivity index is 1.75. The van der Waals surface area contributed by atoms with Gasteiger partial charge in [-0.3, -0.25) is 5.10 Å². The van der Waals surface area contributed by atoms with E-state index in [2.05, 4.69) is 65.5 Å². The number of aryl methyl sites for hydroxylation is 1. The summed E-state index contributed by atoms with van der Waals surface area (Å²) in [5, 5.41) is 10.6. The van der Waals surface area contributed by atoms with E-state index in [4.69, 9.17) is 14.7 Å². The van der Waals surface area contributed by atoms with E-state index in [9.17, 15) is 0 Å². The van der Waals surface area contributed by atoms with Crippen molar-refractivity contribution in [3.8, 4) is 17.1 Å². The number of hydrogen-bond acceptors (Lipinski definition) is 7. The van der Waals surface area contributed by atoms with Crippen LogP contribution in [0.2, 0.25) is 0 Å². The van der Waals surface area contributed by atoms with Gasteiger partial charge in [-0.15, -0.1) is 0 Å². The van der Waals surface area contributed by atoms with Crippen LogP contribution in [0.3, 0.4) is 0 Å². The van der Waals surface area contributed by atoms with Crippen molar-refractivity contribution in [2.75, 3.05) is 51.1 Å². The fraction of sp³-hybridized carbons (Fsp3) is 0.435. The maximum atomic E-state index is 6.08. The smallest absolute Gasteiger partial charge is 0.167 e. The Morgan fingerprint density at radius 3 is 2.71 bits per heavy atom. The highest BCUT2D eigenvalue weighted by atomic mass is 16.5. The minimum Gasteiger partial charge on any atom is -0.492 e. The molecule has 2 N–H and O–H groups in total. The maximum absolute atomic E-state index is 6.08. The zero-order chi connectivity index (χ0) is 22.0. The lowest BCUT2D eigenvalue weighted by Crippen LogP contribution is -2.29. The molecule has 1 aliphatic heterocycles. The lowest BCUT2D eigenvalue weighted by molar-refractivity contribution is 0.273. The molecule has 0 aliphatic carbocycles. The third-order valence-electron chi connectivity index (χ3n) is 5.56. The topological polar surface area (TPSA) is 82.2 Å². The summed E-state index contributed by atoms with van der Waals surface area (Å²) in [6, 6.07) is 10.2. The minimum atomic E-state index is 0.458. The van der Waals surface area contributed by atoms with Gasteiger partial charge < -0.3 is 19.9 Å². The molecule has 1 atom stereocenters. The van der Waals surface area contributed by atoms with Gasteiger partial charge in [-0.25, -0.2) is 9.97 Å². The van der Waals surface area contributed by atoms with E-state index in [-0.39, 0.29) is 0 Å². The van der Waals surface area contributed by atoms with Crippen LogP contribution in [0.5, 0.6) is 5.75 Å². The Labute approximate surface area is 183 Å². The molecular weight excluding hydrogens is 390 g/mol. The molecule has 1 aromatic carbocycles. The molecule has 0 bridgehead atoms. The molecule has 4 rings (SSSR count). The van der Waals surface area contributed by atoms with Gasteiger partial charge in [0, 0.05) is 38.0 Å². The van der Waals surface area contributed by atoms with E-state index in [0.717, 1.165) is 48.2 Å². The summed E-state index contributed by atoms with van der Waals surface area (Å²) in [5.74, 6) is 4.28. The molecule has 0 spiro atoms. The zero-order valence-electron chi connectivity index (χ0n) is 18.9. The predicted octanol–water partition coefficient (Wildman–Crippen LogP) is 3.80. The molecule has 0 saturated heterocycles. The third-order valence-corrected chi connectivity index (χ3v) is 5.56. The number of rotatable bonds is 7. The molecular formula is C23H31N7O. The molecule has 8 nitrogen and oxygen atoms in total. The molecule has 164 valence electrons. The van der Waals surface area contributed by atoms with Gasteiger partial charge in [-0.2, -0.15) is 5.10 Å². The standard InChI is InChI=1S/C23H31N7O/c1-15-9-12-31-22-17(15)7-6-8-18(22)23-25-19(24-20-13-16(2)27-28-20)14-21(26-23)30(5)11-10-29(3)4/h6-8,13-15H,9-12H2,1-5H3,(H2,24,25,26,27,28). The van der Waals surface area contributed by atoms with Crippen LogP contribution in [0.1, 0.15) is 30.5 Å². The van der Waals surface area contributed by atoms with Crippen molar-refractivity contribution in [1.29, 1.82) is 0 Å². The van der Waals surface area contributed by atoms with Crippen LogP contribution in [0.4, 0.5) is 17.5 Å². The number of fused-ring (bicyclic) bond motifs is 1. The highest BCUT2D eigenvalue weighted by Crippen LogP contribution is 2.40. The Morgan fingerprint density at radius 2 is 1.97 bits per heavy atom. The first-order valence-corrected chi connectivity index (χ1v) is 10.7. The van der Waals surface area contributed by atoms with Crippen molar-refractivity contribution in [2.45, 2.75) is 26.2 Å². The van der Waals surface area contributed by atoms with E-state index in [1.165, 1.54) is 5.56 Å². The number of likely N-dealkylation sites (N-methyl/N-ethyl adjacent to an activating group) is 2.